The first-order valence-electron chi connectivity index (χ1n) is 10.1. The summed E-state index contributed by atoms with van der Waals surface area (Å²) in [5, 5.41) is 4.85. The first-order chi connectivity index (χ1) is 15.5. The van der Waals surface area contributed by atoms with Crippen molar-refractivity contribution in [1.82, 2.24) is 14.9 Å². The van der Waals surface area contributed by atoms with Crippen LogP contribution < -0.4 is 5.56 Å². The molecule has 0 saturated carbocycles. The minimum atomic E-state index is -3.43. The molecular weight excluding hydrogens is 466 g/mol. The van der Waals surface area contributed by atoms with Gasteiger partial charge in [-0.2, -0.15) is 0 Å². The summed E-state index contributed by atoms with van der Waals surface area (Å²) in [5.41, 5.74) is 2.61. The van der Waals surface area contributed by atoms with E-state index in [9.17, 15) is 13.2 Å². The lowest BCUT2D eigenvalue weighted by atomic mass is 10.1. The van der Waals surface area contributed by atoms with E-state index in [2.05, 4.69) is 20.9 Å². The summed E-state index contributed by atoms with van der Waals surface area (Å²) >= 11 is 2.44. The Hall–Kier alpha value is -2.37. The molecule has 4 aromatic rings. The molecule has 3 aromatic heterocycles. The van der Waals surface area contributed by atoms with Gasteiger partial charge in [0.2, 0.25) is 0 Å². The van der Waals surface area contributed by atoms with Crippen LogP contribution in [-0.2, 0) is 26.9 Å². The van der Waals surface area contributed by atoms with Gasteiger partial charge in [0.25, 0.3) is 5.56 Å². The molecule has 32 heavy (non-hydrogen) atoms. The third-order valence-electron chi connectivity index (χ3n) is 5.36. The molecule has 0 amide bonds. The van der Waals surface area contributed by atoms with Gasteiger partial charge >= 0.3 is 0 Å². The fourth-order valence-electron chi connectivity index (χ4n) is 3.73. The van der Waals surface area contributed by atoms with E-state index in [-0.39, 0.29) is 11.3 Å². The Labute approximate surface area is 193 Å². The fraction of sp³-hybridized carbons (Fsp3) is 0.273. The van der Waals surface area contributed by atoms with Gasteiger partial charge in [-0.25, -0.2) is 13.4 Å². The van der Waals surface area contributed by atoms with E-state index in [1.165, 1.54) is 22.7 Å². The molecule has 0 atom stereocenters. The fourth-order valence-corrected chi connectivity index (χ4v) is 7.24. The lowest BCUT2D eigenvalue weighted by Crippen LogP contribution is -2.35. The Kier molecular flexibility index (Phi) is 5.95. The zero-order chi connectivity index (χ0) is 22.1. The maximum Gasteiger partial charge on any atom is 0.257 e. The van der Waals surface area contributed by atoms with Crippen molar-refractivity contribution in [3.05, 3.63) is 68.1 Å². The van der Waals surface area contributed by atoms with Crippen molar-refractivity contribution in [1.29, 1.82) is 0 Å². The summed E-state index contributed by atoms with van der Waals surface area (Å²) in [6.07, 6.45) is 0. The normalized spacial score (nSPS) is 15.4. The van der Waals surface area contributed by atoms with Crippen LogP contribution in [0.1, 0.15) is 10.6 Å². The number of benzene rings is 1. The molecule has 0 aliphatic carbocycles. The molecule has 1 aliphatic heterocycles. The minimum absolute atomic E-state index is 0.172. The highest BCUT2D eigenvalue weighted by Gasteiger charge is 2.20. The van der Waals surface area contributed by atoms with Crippen LogP contribution in [0.3, 0.4) is 0 Å². The predicted molar refractivity (Wildman–Crippen MR) is 127 cm³/mol. The number of H-pyrrole nitrogens is 1. The van der Waals surface area contributed by atoms with Crippen LogP contribution in [-0.4, -0.2) is 49.6 Å². The Morgan fingerprint density at radius 3 is 2.75 bits per heavy atom. The second kappa shape index (κ2) is 8.87. The summed E-state index contributed by atoms with van der Waals surface area (Å²) in [6.45, 7) is 4.12. The minimum Gasteiger partial charge on any atom is -0.379 e. The number of aromatic amines is 1. The molecule has 1 fully saturated rings. The highest BCUT2D eigenvalue weighted by atomic mass is 32.2. The van der Waals surface area contributed by atoms with Gasteiger partial charge in [-0.05, 0) is 34.5 Å². The highest BCUT2D eigenvalue weighted by molar-refractivity contribution is 7.92. The quantitative estimate of drug-likeness (QED) is 0.447. The summed E-state index contributed by atoms with van der Waals surface area (Å²) in [4.78, 5) is 22.5. The number of pyridine rings is 1. The lowest BCUT2D eigenvalue weighted by Gasteiger charge is -2.26. The monoisotopic (exact) mass is 487 g/mol. The van der Waals surface area contributed by atoms with Crippen LogP contribution in [0, 0.1) is 0 Å². The number of fused-ring (bicyclic) bond motifs is 1. The van der Waals surface area contributed by atoms with E-state index in [1.807, 2.05) is 18.2 Å². The van der Waals surface area contributed by atoms with Gasteiger partial charge in [0, 0.05) is 30.5 Å². The lowest BCUT2D eigenvalue weighted by molar-refractivity contribution is 0.0342. The van der Waals surface area contributed by atoms with Gasteiger partial charge in [-0.1, -0.05) is 18.2 Å². The molecule has 7 nitrogen and oxygen atoms in total. The molecule has 1 aliphatic rings. The maximum atomic E-state index is 12.8. The van der Waals surface area contributed by atoms with Crippen LogP contribution >= 0.6 is 22.7 Å². The molecule has 0 radical (unpaired) electrons. The number of hydrogen-bond acceptors (Lipinski definition) is 8. The molecule has 4 heterocycles. The van der Waals surface area contributed by atoms with Crippen LogP contribution in [0.5, 0.6) is 0 Å². The van der Waals surface area contributed by atoms with Gasteiger partial charge in [0.05, 0.1) is 24.5 Å². The summed E-state index contributed by atoms with van der Waals surface area (Å²) < 4.78 is 30.8. The third kappa shape index (κ3) is 4.55. The zero-order valence-corrected chi connectivity index (χ0v) is 19.6. The predicted octanol–water partition coefficient (Wildman–Crippen LogP) is 3.52. The smallest absolute Gasteiger partial charge is 0.257 e. The number of nitrogens with zero attached hydrogens (tertiary/aromatic N) is 2. The first kappa shape index (κ1) is 21.5. The highest BCUT2D eigenvalue weighted by Crippen LogP contribution is 2.26. The van der Waals surface area contributed by atoms with E-state index in [0.29, 0.717) is 20.5 Å². The third-order valence-corrected chi connectivity index (χ3v) is 9.51. The summed E-state index contributed by atoms with van der Waals surface area (Å²) in [7, 11) is -3.43. The SMILES string of the molecule is O=c1[nH]c2cc(CN3CCOCC3)ccc2cc1-c1csc(CS(=O)(=O)c2cccs2)n1. The van der Waals surface area contributed by atoms with Crippen molar-refractivity contribution in [2.75, 3.05) is 26.3 Å². The van der Waals surface area contributed by atoms with Crippen molar-refractivity contribution >= 4 is 43.4 Å². The van der Waals surface area contributed by atoms with E-state index < -0.39 is 9.84 Å². The maximum absolute atomic E-state index is 12.8. The van der Waals surface area contributed by atoms with Gasteiger partial charge in [0.15, 0.2) is 9.84 Å². The summed E-state index contributed by atoms with van der Waals surface area (Å²) in [5.74, 6) is -0.172. The molecule has 1 N–H and O–H groups in total. The van der Waals surface area contributed by atoms with Crippen molar-refractivity contribution in [3.63, 3.8) is 0 Å². The average Bonchev–Trinajstić information content (AvgIpc) is 3.47. The molecule has 1 saturated heterocycles. The largest absolute Gasteiger partial charge is 0.379 e. The molecule has 5 rings (SSSR count). The molecule has 166 valence electrons. The van der Waals surface area contributed by atoms with Gasteiger partial charge < -0.3 is 9.72 Å². The first-order valence-corrected chi connectivity index (χ1v) is 13.6. The second-order valence-electron chi connectivity index (χ2n) is 7.64. The van der Waals surface area contributed by atoms with Gasteiger partial charge in [-0.3, -0.25) is 9.69 Å². The molecule has 10 heteroatoms. The molecule has 0 spiro atoms. The standard InChI is InChI=1S/C22H21N3O4S3/c26-22-17(19-13-31-20(23-19)14-32(27,28)21-2-1-9-30-21)11-16-4-3-15(10-18(16)24-22)12-25-5-7-29-8-6-25/h1-4,9-11,13H,5-8,12,14H2,(H,24,26). The molecular formula is C22H21N3O4S3. The number of thiophene rings is 1. The number of morpholine rings is 1. The number of ether oxygens (including phenoxy) is 1. The molecule has 1 aromatic carbocycles. The number of rotatable bonds is 6. The van der Waals surface area contributed by atoms with E-state index in [0.717, 1.165) is 49.3 Å². The Morgan fingerprint density at radius 1 is 1.12 bits per heavy atom. The number of nitrogens with one attached hydrogen (secondary N) is 1. The van der Waals surface area contributed by atoms with Gasteiger partial charge in [0.1, 0.15) is 15.0 Å². The van der Waals surface area contributed by atoms with Gasteiger partial charge in [-0.15, -0.1) is 22.7 Å². The molecule has 0 unspecified atom stereocenters. The summed E-state index contributed by atoms with van der Waals surface area (Å²) in [6, 6.07) is 11.2. The van der Waals surface area contributed by atoms with Crippen LogP contribution in [0.15, 0.2) is 56.2 Å². The van der Waals surface area contributed by atoms with Crippen LogP contribution in [0.25, 0.3) is 22.2 Å². The topological polar surface area (TPSA) is 92.4 Å². The van der Waals surface area contributed by atoms with Crippen molar-refractivity contribution in [3.8, 4) is 11.3 Å². The van der Waals surface area contributed by atoms with Crippen LogP contribution in [0.2, 0.25) is 0 Å². The van der Waals surface area contributed by atoms with Crippen LogP contribution in [0.4, 0.5) is 0 Å². The zero-order valence-electron chi connectivity index (χ0n) is 17.1. The number of sulfone groups is 1. The van der Waals surface area contributed by atoms with E-state index in [4.69, 9.17) is 4.74 Å². The average molecular weight is 488 g/mol. The number of hydrogen-bond donors (Lipinski definition) is 1. The van der Waals surface area contributed by atoms with Crippen molar-refractivity contribution in [2.45, 2.75) is 16.5 Å². The number of thiazole rings is 1. The Balaban J connectivity index is 1.39. The Morgan fingerprint density at radius 2 is 1.97 bits per heavy atom. The Bertz CT molecular complexity index is 1400. The molecule has 0 bridgehead atoms. The van der Waals surface area contributed by atoms with E-state index in [1.54, 1.807) is 22.9 Å². The van der Waals surface area contributed by atoms with E-state index >= 15 is 0 Å². The van der Waals surface area contributed by atoms with Crippen molar-refractivity contribution < 1.29 is 13.2 Å². The van der Waals surface area contributed by atoms with Crippen molar-refractivity contribution in [2.24, 2.45) is 0 Å². The number of aromatic nitrogens is 2. The second-order valence-corrected chi connectivity index (χ2v) is 11.7.